The fourth-order valence-electron chi connectivity index (χ4n) is 3.69. The molecule has 1 fully saturated rings. The zero-order valence-corrected chi connectivity index (χ0v) is 16.0. The van der Waals surface area contributed by atoms with Gasteiger partial charge in [0.25, 0.3) is 5.91 Å². The number of hydrogen-bond acceptors (Lipinski definition) is 3. The van der Waals surface area contributed by atoms with E-state index in [4.69, 9.17) is 0 Å². The highest BCUT2D eigenvalue weighted by Crippen LogP contribution is 2.17. The number of nitrogens with zero attached hydrogens (tertiary/aromatic N) is 1. The topological polar surface area (TPSA) is 49.4 Å². The van der Waals surface area contributed by atoms with Crippen LogP contribution in [-0.4, -0.2) is 42.3 Å². The van der Waals surface area contributed by atoms with Gasteiger partial charge in [-0.15, -0.1) is 0 Å². The SMILES string of the molecule is C[C@H]1CCCCN1CCCNC(=O)c1ccccc1C(=O)c1ccccc1. The molecule has 1 heterocycles. The van der Waals surface area contributed by atoms with Crippen LogP contribution < -0.4 is 5.32 Å². The molecular weight excluding hydrogens is 336 g/mol. The van der Waals surface area contributed by atoms with E-state index in [9.17, 15) is 9.59 Å². The van der Waals surface area contributed by atoms with Gasteiger partial charge in [-0.2, -0.15) is 0 Å². The third-order valence-corrected chi connectivity index (χ3v) is 5.30. The number of nitrogens with one attached hydrogen (secondary N) is 1. The maximum atomic E-state index is 12.8. The molecule has 0 aliphatic carbocycles. The second-order valence-corrected chi connectivity index (χ2v) is 7.23. The van der Waals surface area contributed by atoms with E-state index in [2.05, 4.69) is 17.1 Å². The number of piperidine rings is 1. The van der Waals surface area contributed by atoms with Crippen LogP contribution >= 0.6 is 0 Å². The van der Waals surface area contributed by atoms with Crippen LogP contribution in [0.2, 0.25) is 0 Å². The van der Waals surface area contributed by atoms with Crippen LogP contribution in [0, 0.1) is 0 Å². The smallest absolute Gasteiger partial charge is 0.252 e. The van der Waals surface area contributed by atoms with Gasteiger partial charge in [0.2, 0.25) is 0 Å². The Morgan fingerprint density at radius 3 is 2.44 bits per heavy atom. The summed E-state index contributed by atoms with van der Waals surface area (Å²) in [5.41, 5.74) is 1.49. The van der Waals surface area contributed by atoms with Crippen LogP contribution in [0.15, 0.2) is 54.6 Å². The van der Waals surface area contributed by atoms with Gasteiger partial charge in [-0.1, -0.05) is 55.0 Å². The molecule has 2 aromatic carbocycles. The zero-order chi connectivity index (χ0) is 19.1. The molecule has 0 aromatic heterocycles. The van der Waals surface area contributed by atoms with Gasteiger partial charge in [0.15, 0.2) is 5.78 Å². The minimum atomic E-state index is -0.179. The molecule has 1 amide bonds. The van der Waals surface area contributed by atoms with Gasteiger partial charge in [0, 0.05) is 30.3 Å². The molecule has 27 heavy (non-hydrogen) atoms. The Morgan fingerprint density at radius 2 is 1.70 bits per heavy atom. The van der Waals surface area contributed by atoms with Crippen molar-refractivity contribution in [2.24, 2.45) is 0 Å². The van der Waals surface area contributed by atoms with Crippen molar-refractivity contribution < 1.29 is 9.59 Å². The van der Waals surface area contributed by atoms with E-state index < -0.39 is 0 Å². The highest BCUT2D eigenvalue weighted by atomic mass is 16.2. The van der Waals surface area contributed by atoms with Crippen molar-refractivity contribution in [2.75, 3.05) is 19.6 Å². The first-order chi connectivity index (χ1) is 13.2. The quantitative estimate of drug-likeness (QED) is 0.598. The minimum absolute atomic E-state index is 0.122. The van der Waals surface area contributed by atoms with E-state index in [1.807, 2.05) is 18.2 Å². The molecule has 1 saturated heterocycles. The van der Waals surface area contributed by atoms with Gasteiger partial charge in [0.05, 0.1) is 5.56 Å². The first kappa shape index (κ1) is 19.3. The maximum absolute atomic E-state index is 12.8. The number of likely N-dealkylation sites (tertiary alicyclic amines) is 1. The molecule has 0 bridgehead atoms. The number of carbonyl (C=O) groups is 2. The Morgan fingerprint density at radius 1 is 1.00 bits per heavy atom. The molecular formula is C23H28N2O2. The summed E-state index contributed by atoms with van der Waals surface area (Å²) in [6, 6.07) is 16.8. The number of ketones is 1. The van der Waals surface area contributed by atoms with Crippen LogP contribution in [0.5, 0.6) is 0 Å². The standard InChI is InChI=1S/C23H28N2O2/c1-18-10-7-8-16-25(18)17-9-15-24-23(27)21-14-6-5-13-20(21)22(26)19-11-3-2-4-12-19/h2-6,11-14,18H,7-10,15-17H2,1H3,(H,24,27)/t18-/m0/s1. The largest absolute Gasteiger partial charge is 0.352 e. The average molecular weight is 364 g/mol. The summed E-state index contributed by atoms with van der Waals surface area (Å²) in [4.78, 5) is 27.9. The Bertz CT molecular complexity index is 773. The molecule has 4 heteroatoms. The normalized spacial score (nSPS) is 17.4. The minimum Gasteiger partial charge on any atom is -0.352 e. The lowest BCUT2D eigenvalue weighted by Gasteiger charge is -2.33. The molecule has 2 aromatic rings. The first-order valence-corrected chi connectivity index (χ1v) is 9.88. The highest BCUT2D eigenvalue weighted by Gasteiger charge is 2.19. The first-order valence-electron chi connectivity index (χ1n) is 9.88. The van der Waals surface area contributed by atoms with Crippen LogP contribution in [0.3, 0.4) is 0 Å². The zero-order valence-electron chi connectivity index (χ0n) is 16.0. The molecule has 142 valence electrons. The summed E-state index contributed by atoms with van der Waals surface area (Å²) < 4.78 is 0. The van der Waals surface area contributed by atoms with Crippen LogP contribution in [-0.2, 0) is 0 Å². The Labute approximate surface area is 161 Å². The van der Waals surface area contributed by atoms with Crippen molar-refractivity contribution in [1.82, 2.24) is 10.2 Å². The van der Waals surface area contributed by atoms with E-state index in [0.717, 1.165) is 19.5 Å². The molecule has 1 N–H and O–H groups in total. The lowest BCUT2D eigenvalue weighted by molar-refractivity contribution is 0.0938. The van der Waals surface area contributed by atoms with Crippen molar-refractivity contribution in [3.63, 3.8) is 0 Å². The summed E-state index contributed by atoms with van der Waals surface area (Å²) in [7, 11) is 0. The summed E-state index contributed by atoms with van der Waals surface area (Å²) in [6.45, 7) is 5.06. The molecule has 1 aliphatic heterocycles. The van der Waals surface area contributed by atoms with Gasteiger partial charge in [-0.05, 0) is 38.8 Å². The van der Waals surface area contributed by atoms with Crippen molar-refractivity contribution in [3.05, 3.63) is 71.3 Å². The molecule has 0 spiro atoms. The van der Waals surface area contributed by atoms with Gasteiger partial charge in [-0.3, -0.25) is 9.59 Å². The van der Waals surface area contributed by atoms with E-state index in [-0.39, 0.29) is 11.7 Å². The fourth-order valence-corrected chi connectivity index (χ4v) is 3.69. The number of benzene rings is 2. The second-order valence-electron chi connectivity index (χ2n) is 7.23. The third-order valence-electron chi connectivity index (χ3n) is 5.30. The summed E-state index contributed by atoms with van der Waals surface area (Å²) in [5, 5.41) is 2.98. The molecule has 0 unspecified atom stereocenters. The van der Waals surface area contributed by atoms with E-state index in [1.165, 1.54) is 19.3 Å². The van der Waals surface area contributed by atoms with Crippen LogP contribution in [0.4, 0.5) is 0 Å². The number of amides is 1. The fraction of sp³-hybridized carbons (Fsp3) is 0.391. The van der Waals surface area contributed by atoms with Crippen molar-refractivity contribution in [2.45, 2.75) is 38.6 Å². The van der Waals surface area contributed by atoms with Crippen LogP contribution in [0.25, 0.3) is 0 Å². The summed E-state index contributed by atoms with van der Waals surface area (Å²) in [6.07, 6.45) is 4.78. The predicted octanol–water partition coefficient (Wildman–Crippen LogP) is 3.91. The summed E-state index contributed by atoms with van der Waals surface area (Å²) in [5.74, 6) is -0.301. The lowest BCUT2D eigenvalue weighted by Crippen LogP contribution is -2.39. The van der Waals surface area contributed by atoms with E-state index in [0.29, 0.717) is 29.3 Å². The van der Waals surface area contributed by atoms with E-state index >= 15 is 0 Å². The molecule has 1 atom stereocenters. The highest BCUT2D eigenvalue weighted by molar-refractivity contribution is 6.15. The maximum Gasteiger partial charge on any atom is 0.252 e. The Balaban J connectivity index is 1.58. The molecule has 0 radical (unpaired) electrons. The third kappa shape index (κ3) is 5.04. The average Bonchev–Trinajstić information content (AvgIpc) is 2.72. The molecule has 3 rings (SSSR count). The van der Waals surface area contributed by atoms with Gasteiger partial charge >= 0.3 is 0 Å². The van der Waals surface area contributed by atoms with E-state index in [1.54, 1.807) is 36.4 Å². The lowest BCUT2D eigenvalue weighted by atomic mass is 9.98. The van der Waals surface area contributed by atoms with Crippen molar-refractivity contribution in [3.8, 4) is 0 Å². The van der Waals surface area contributed by atoms with Crippen LogP contribution in [0.1, 0.15) is 58.9 Å². The monoisotopic (exact) mass is 364 g/mol. The van der Waals surface area contributed by atoms with Gasteiger partial charge in [0.1, 0.15) is 0 Å². The van der Waals surface area contributed by atoms with Crippen molar-refractivity contribution in [1.29, 1.82) is 0 Å². The molecule has 0 saturated carbocycles. The van der Waals surface area contributed by atoms with Gasteiger partial charge < -0.3 is 10.2 Å². The second kappa shape index (κ2) is 9.47. The Kier molecular flexibility index (Phi) is 6.77. The number of carbonyl (C=O) groups excluding carboxylic acids is 2. The Hall–Kier alpha value is -2.46. The predicted molar refractivity (Wildman–Crippen MR) is 108 cm³/mol. The number of hydrogen-bond donors (Lipinski definition) is 1. The van der Waals surface area contributed by atoms with Crippen molar-refractivity contribution >= 4 is 11.7 Å². The summed E-state index contributed by atoms with van der Waals surface area (Å²) >= 11 is 0. The van der Waals surface area contributed by atoms with Gasteiger partial charge in [-0.25, -0.2) is 0 Å². The molecule has 1 aliphatic rings. The number of rotatable bonds is 7. The molecule has 4 nitrogen and oxygen atoms in total.